The zero-order chi connectivity index (χ0) is 14.2. The summed E-state index contributed by atoms with van der Waals surface area (Å²) in [6.45, 7) is 0.608. The Kier molecular flexibility index (Phi) is 3.63. The smallest absolute Gasteiger partial charge is 0.182 e. The molecule has 1 saturated carbocycles. The van der Waals surface area contributed by atoms with Crippen molar-refractivity contribution < 1.29 is 17.9 Å². The lowest BCUT2D eigenvalue weighted by Crippen LogP contribution is -2.42. The number of ether oxygens (including phenoxy) is 1. The summed E-state index contributed by atoms with van der Waals surface area (Å²) < 4.78 is 46.0. The largest absolute Gasteiger partial charge is 0.380 e. The van der Waals surface area contributed by atoms with E-state index >= 15 is 0 Å². The van der Waals surface area contributed by atoms with Crippen LogP contribution in [0, 0.1) is 17.5 Å². The van der Waals surface area contributed by atoms with E-state index in [9.17, 15) is 13.2 Å². The third kappa shape index (κ3) is 2.64. The second-order valence-electron chi connectivity index (χ2n) is 5.82. The normalized spacial score (nSPS) is 25.1. The molecule has 2 aliphatic rings. The number of halogens is 3. The molecule has 0 amide bonds. The summed E-state index contributed by atoms with van der Waals surface area (Å²) in [4.78, 5) is 0. The Balaban J connectivity index is 1.74. The molecule has 1 atom stereocenters. The number of nitrogens with one attached hydrogen (secondary N) is 1. The highest BCUT2D eigenvalue weighted by molar-refractivity contribution is 5.46. The Morgan fingerprint density at radius 1 is 1.15 bits per heavy atom. The molecular weight excluding hydrogens is 267 g/mol. The third-order valence-electron chi connectivity index (χ3n) is 4.36. The Morgan fingerprint density at radius 2 is 1.90 bits per heavy atom. The fourth-order valence-electron chi connectivity index (χ4n) is 3.40. The van der Waals surface area contributed by atoms with Crippen molar-refractivity contribution >= 4 is 5.69 Å². The van der Waals surface area contributed by atoms with Gasteiger partial charge in [-0.15, -0.1) is 0 Å². The van der Waals surface area contributed by atoms with Gasteiger partial charge < -0.3 is 10.1 Å². The lowest BCUT2D eigenvalue weighted by atomic mass is 9.89. The third-order valence-corrected chi connectivity index (χ3v) is 4.36. The lowest BCUT2D eigenvalue weighted by Gasteiger charge is -2.39. The van der Waals surface area contributed by atoms with E-state index < -0.39 is 17.5 Å². The van der Waals surface area contributed by atoms with Crippen molar-refractivity contribution in [3.8, 4) is 0 Å². The van der Waals surface area contributed by atoms with E-state index in [4.69, 9.17) is 4.74 Å². The molecule has 1 heterocycles. The molecule has 1 saturated heterocycles. The van der Waals surface area contributed by atoms with Gasteiger partial charge in [-0.2, -0.15) is 0 Å². The Labute approximate surface area is 116 Å². The molecule has 1 N–H and O–H groups in total. The van der Waals surface area contributed by atoms with Gasteiger partial charge in [-0.1, -0.05) is 12.8 Å². The molecule has 0 radical (unpaired) electrons. The second-order valence-corrected chi connectivity index (χ2v) is 5.82. The van der Waals surface area contributed by atoms with E-state index in [1.807, 2.05) is 0 Å². The van der Waals surface area contributed by atoms with Crippen molar-refractivity contribution in [1.82, 2.24) is 0 Å². The van der Waals surface area contributed by atoms with Crippen LogP contribution in [0.3, 0.4) is 0 Å². The van der Waals surface area contributed by atoms with Crippen molar-refractivity contribution in [3.63, 3.8) is 0 Å². The number of benzene rings is 1. The summed E-state index contributed by atoms with van der Waals surface area (Å²) in [5.41, 5.74) is -0.208. The maximum Gasteiger partial charge on any atom is 0.182 e. The number of hydrogen-bond acceptors (Lipinski definition) is 2. The molecule has 110 valence electrons. The first kappa shape index (κ1) is 13.7. The second kappa shape index (κ2) is 5.28. The molecule has 1 aliphatic carbocycles. The summed E-state index contributed by atoms with van der Waals surface area (Å²) in [6.07, 6.45) is 5.82. The predicted molar refractivity (Wildman–Crippen MR) is 70.1 cm³/mol. The molecule has 2 fully saturated rings. The zero-order valence-corrected chi connectivity index (χ0v) is 11.2. The molecule has 20 heavy (non-hydrogen) atoms. The quantitative estimate of drug-likeness (QED) is 0.829. The van der Waals surface area contributed by atoms with E-state index in [0.29, 0.717) is 12.7 Å². The maximum absolute atomic E-state index is 13.7. The van der Waals surface area contributed by atoms with Crippen LogP contribution < -0.4 is 5.32 Å². The first-order valence-electron chi connectivity index (χ1n) is 7.13. The summed E-state index contributed by atoms with van der Waals surface area (Å²) in [6, 6.07) is 1.57. The average Bonchev–Trinajstić information content (AvgIpc) is 2.83. The van der Waals surface area contributed by atoms with Gasteiger partial charge in [0, 0.05) is 24.8 Å². The summed E-state index contributed by atoms with van der Waals surface area (Å²) in [5.74, 6) is -2.94. The van der Waals surface area contributed by atoms with E-state index in [-0.39, 0.29) is 17.3 Å². The molecule has 3 rings (SSSR count). The van der Waals surface area contributed by atoms with Gasteiger partial charge in [0.2, 0.25) is 0 Å². The van der Waals surface area contributed by atoms with Crippen LogP contribution in [0.15, 0.2) is 12.1 Å². The molecule has 1 spiro atoms. The van der Waals surface area contributed by atoms with Crippen LogP contribution in [0.4, 0.5) is 18.9 Å². The van der Waals surface area contributed by atoms with Gasteiger partial charge in [-0.25, -0.2) is 13.2 Å². The van der Waals surface area contributed by atoms with E-state index in [1.165, 1.54) is 0 Å². The van der Waals surface area contributed by atoms with Crippen molar-refractivity contribution in [3.05, 3.63) is 29.6 Å². The van der Waals surface area contributed by atoms with E-state index in [1.54, 1.807) is 0 Å². The van der Waals surface area contributed by atoms with Gasteiger partial charge in [-0.05, 0) is 25.7 Å². The van der Waals surface area contributed by atoms with Gasteiger partial charge in [0.05, 0.1) is 11.3 Å². The Bertz CT molecular complexity index is 500. The van der Waals surface area contributed by atoms with Gasteiger partial charge in [0.25, 0.3) is 0 Å². The molecule has 0 aromatic heterocycles. The minimum atomic E-state index is -1.16. The van der Waals surface area contributed by atoms with Crippen LogP contribution >= 0.6 is 0 Å². The minimum absolute atomic E-state index is 0.00227. The summed E-state index contributed by atoms with van der Waals surface area (Å²) in [5, 5.41) is 2.95. The van der Waals surface area contributed by atoms with E-state index in [0.717, 1.165) is 44.6 Å². The molecule has 1 unspecified atom stereocenters. The van der Waals surface area contributed by atoms with Gasteiger partial charge in [-0.3, -0.25) is 0 Å². The first-order valence-corrected chi connectivity index (χ1v) is 7.13. The molecule has 1 aromatic rings. The molecular formula is C15H18F3NO. The fraction of sp³-hybridized carbons (Fsp3) is 0.600. The van der Waals surface area contributed by atoms with Crippen LogP contribution in [-0.2, 0) is 4.74 Å². The highest BCUT2D eigenvalue weighted by Crippen LogP contribution is 2.40. The Morgan fingerprint density at radius 3 is 2.65 bits per heavy atom. The average molecular weight is 285 g/mol. The van der Waals surface area contributed by atoms with Gasteiger partial charge in [0.1, 0.15) is 5.82 Å². The molecule has 2 nitrogen and oxygen atoms in total. The highest BCUT2D eigenvalue weighted by Gasteiger charge is 2.40. The number of rotatable bonds is 2. The van der Waals surface area contributed by atoms with Crippen molar-refractivity contribution in [2.45, 2.75) is 50.2 Å². The number of hydrogen-bond donors (Lipinski definition) is 1. The highest BCUT2D eigenvalue weighted by atomic mass is 19.2. The SMILES string of the molecule is Fc1cc(F)c(F)c(NC2CCOC3(CCCC3)C2)c1. The topological polar surface area (TPSA) is 21.3 Å². The lowest BCUT2D eigenvalue weighted by molar-refractivity contribution is -0.0767. The zero-order valence-electron chi connectivity index (χ0n) is 11.2. The first-order chi connectivity index (χ1) is 9.58. The van der Waals surface area contributed by atoms with Crippen molar-refractivity contribution in [1.29, 1.82) is 0 Å². The maximum atomic E-state index is 13.7. The standard InChI is InChI=1S/C15H18F3NO/c16-10-7-12(17)14(18)13(8-10)19-11-3-6-20-15(9-11)4-1-2-5-15/h7-8,11,19H,1-6,9H2. The van der Waals surface area contributed by atoms with E-state index in [2.05, 4.69) is 5.32 Å². The van der Waals surface area contributed by atoms with Gasteiger partial charge >= 0.3 is 0 Å². The van der Waals surface area contributed by atoms with Crippen LogP contribution in [0.25, 0.3) is 0 Å². The predicted octanol–water partition coefficient (Wildman–Crippen LogP) is 4.01. The molecule has 5 heteroatoms. The van der Waals surface area contributed by atoms with Crippen LogP contribution in [0.2, 0.25) is 0 Å². The minimum Gasteiger partial charge on any atom is -0.380 e. The summed E-state index contributed by atoms with van der Waals surface area (Å²) >= 11 is 0. The Hall–Kier alpha value is -1.23. The van der Waals surface area contributed by atoms with Crippen LogP contribution in [-0.4, -0.2) is 18.2 Å². The van der Waals surface area contributed by atoms with Gasteiger partial charge in [0.15, 0.2) is 11.6 Å². The van der Waals surface area contributed by atoms with Crippen molar-refractivity contribution in [2.24, 2.45) is 0 Å². The molecule has 0 bridgehead atoms. The number of anilines is 1. The van der Waals surface area contributed by atoms with Crippen LogP contribution in [0.5, 0.6) is 0 Å². The molecule has 1 aromatic carbocycles. The monoisotopic (exact) mass is 285 g/mol. The fourth-order valence-corrected chi connectivity index (χ4v) is 3.40. The molecule has 1 aliphatic heterocycles. The summed E-state index contributed by atoms with van der Waals surface area (Å²) in [7, 11) is 0. The van der Waals surface area contributed by atoms with Crippen LogP contribution in [0.1, 0.15) is 38.5 Å². The van der Waals surface area contributed by atoms with Crippen molar-refractivity contribution in [2.75, 3.05) is 11.9 Å².